The molecule has 0 aromatic heterocycles. The number of halogens is 2. The second-order valence-electron chi connectivity index (χ2n) is 4.66. The number of hydrogen-bond donors (Lipinski definition) is 0. The summed E-state index contributed by atoms with van der Waals surface area (Å²) >= 11 is 0. The van der Waals surface area contributed by atoms with E-state index in [1.54, 1.807) is 0 Å². The Hall–Kier alpha value is -1.16. The third-order valence-corrected chi connectivity index (χ3v) is 3.55. The minimum Gasteiger partial charge on any atom is -0.490 e. The van der Waals surface area contributed by atoms with Crippen molar-refractivity contribution in [2.45, 2.75) is 66.9 Å². The molecule has 2 nitrogen and oxygen atoms in total. The van der Waals surface area contributed by atoms with Crippen LogP contribution in [0.15, 0.2) is 12.1 Å². The minimum atomic E-state index is -0.479. The van der Waals surface area contributed by atoms with Crippen LogP contribution in [-0.4, -0.2) is 19.3 Å². The average Bonchev–Trinajstić information content (AvgIpc) is 3.18. The number of fused-ring (bicyclic) bond motifs is 1. The fourth-order valence-electron chi connectivity index (χ4n) is 2.65. The van der Waals surface area contributed by atoms with Crippen LogP contribution in [0.3, 0.4) is 0 Å². The lowest BCUT2D eigenvalue weighted by molar-refractivity contribution is 0.0333. The van der Waals surface area contributed by atoms with Gasteiger partial charge >= 0.3 is 0 Å². The van der Waals surface area contributed by atoms with Gasteiger partial charge in [0.1, 0.15) is 5.82 Å². The van der Waals surface area contributed by atoms with E-state index in [-0.39, 0.29) is 23.6 Å². The van der Waals surface area contributed by atoms with Crippen LogP contribution in [0.4, 0.5) is 8.78 Å². The maximum Gasteiger partial charge on any atom is 0.165 e. The summed E-state index contributed by atoms with van der Waals surface area (Å²) < 4.78 is 38.0. The van der Waals surface area contributed by atoms with E-state index in [1.165, 1.54) is 0 Å². The van der Waals surface area contributed by atoms with Gasteiger partial charge in [-0.25, -0.2) is 8.78 Å². The molecule has 2 unspecified atom stereocenters. The van der Waals surface area contributed by atoms with Crippen LogP contribution >= 0.6 is 0 Å². The van der Waals surface area contributed by atoms with Crippen molar-refractivity contribution in [3.63, 3.8) is 0 Å². The minimum absolute atomic E-state index is 0.0826. The van der Waals surface area contributed by atoms with E-state index in [9.17, 15) is 8.78 Å². The van der Waals surface area contributed by atoms with E-state index in [1.807, 2.05) is 41.5 Å². The monoisotopic (exact) mass is 330 g/mol. The molecule has 3 rings (SSSR count). The van der Waals surface area contributed by atoms with Gasteiger partial charge < -0.3 is 9.47 Å². The average molecular weight is 330 g/mol. The molecule has 0 spiro atoms. The van der Waals surface area contributed by atoms with Crippen molar-refractivity contribution in [3.05, 3.63) is 29.3 Å². The molecule has 1 aromatic rings. The molecule has 23 heavy (non-hydrogen) atoms. The van der Waals surface area contributed by atoms with E-state index in [0.717, 1.165) is 31.6 Å². The van der Waals surface area contributed by atoms with Crippen molar-refractivity contribution in [3.8, 4) is 5.75 Å². The van der Waals surface area contributed by atoms with Crippen LogP contribution in [0.5, 0.6) is 5.75 Å². The highest BCUT2D eigenvalue weighted by atomic mass is 19.1. The first-order chi connectivity index (χ1) is 11.3. The van der Waals surface area contributed by atoms with Gasteiger partial charge in [0, 0.05) is 18.1 Å². The van der Waals surface area contributed by atoms with Crippen LogP contribution in [0.2, 0.25) is 0 Å². The quantitative estimate of drug-likeness (QED) is 0.650. The number of rotatable bonds is 1. The smallest absolute Gasteiger partial charge is 0.165 e. The maximum atomic E-state index is 13.6. The first-order valence-corrected chi connectivity index (χ1v) is 8.97. The molecular formula is C19H32F2O2. The third kappa shape index (κ3) is 5.76. The Morgan fingerprint density at radius 1 is 0.957 bits per heavy atom. The Kier molecular flexibility index (Phi) is 11.7. The molecule has 4 heteroatoms. The Morgan fingerprint density at radius 3 is 2.13 bits per heavy atom. The molecule has 0 amide bonds. The van der Waals surface area contributed by atoms with Crippen LogP contribution in [0.1, 0.15) is 59.9 Å². The van der Waals surface area contributed by atoms with Crippen molar-refractivity contribution < 1.29 is 18.3 Å². The van der Waals surface area contributed by atoms with Crippen molar-refractivity contribution in [2.24, 2.45) is 5.92 Å². The van der Waals surface area contributed by atoms with Gasteiger partial charge in [0.25, 0.3) is 0 Å². The van der Waals surface area contributed by atoms with Gasteiger partial charge in [-0.05, 0) is 31.4 Å². The van der Waals surface area contributed by atoms with Crippen LogP contribution in [0, 0.1) is 17.6 Å². The van der Waals surface area contributed by atoms with Gasteiger partial charge in [0.15, 0.2) is 11.6 Å². The number of benzene rings is 1. The Bertz CT molecular complexity index is 430. The lowest BCUT2D eigenvalue weighted by atomic mass is 9.90. The molecule has 2 aliphatic rings. The summed E-state index contributed by atoms with van der Waals surface area (Å²) in [6.07, 6.45) is 2.66. The highest BCUT2D eigenvalue weighted by Crippen LogP contribution is 2.35. The molecule has 134 valence electrons. The predicted molar refractivity (Wildman–Crippen MR) is 92.1 cm³/mol. The zero-order valence-electron chi connectivity index (χ0n) is 15.4. The van der Waals surface area contributed by atoms with Crippen LogP contribution in [-0.2, 0) is 11.2 Å². The van der Waals surface area contributed by atoms with Crippen molar-refractivity contribution in [1.29, 1.82) is 0 Å². The third-order valence-electron chi connectivity index (χ3n) is 3.55. The summed E-state index contributed by atoms with van der Waals surface area (Å²) in [5.74, 6) is -0.642. The Balaban J connectivity index is 0.000000728. The topological polar surface area (TPSA) is 18.5 Å². The summed E-state index contributed by atoms with van der Waals surface area (Å²) in [7, 11) is 0. The predicted octanol–water partition coefficient (Wildman–Crippen LogP) is 5.77. The van der Waals surface area contributed by atoms with Gasteiger partial charge in [-0.1, -0.05) is 41.5 Å². The maximum absolute atomic E-state index is 13.6. The highest BCUT2D eigenvalue weighted by Gasteiger charge is 2.32. The molecule has 0 N–H and O–H groups in total. The normalized spacial score (nSPS) is 21.2. The van der Waals surface area contributed by atoms with E-state index in [0.29, 0.717) is 18.6 Å². The molecule has 0 saturated carbocycles. The molecule has 2 atom stereocenters. The van der Waals surface area contributed by atoms with Crippen LogP contribution < -0.4 is 4.74 Å². The molecular weight excluding hydrogens is 298 g/mol. The van der Waals surface area contributed by atoms with Crippen molar-refractivity contribution in [2.75, 3.05) is 13.2 Å². The van der Waals surface area contributed by atoms with E-state index >= 15 is 0 Å². The number of ether oxygens (including phenoxy) is 2. The molecule has 2 heterocycles. The first-order valence-electron chi connectivity index (χ1n) is 8.97. The molecule has 1 saturated heterocycles. The standard InChI is InChI=1S/C13H14F2O2.3C2H6/c14-10-3-4-11(15)13-9(10)6-8(7-17-13)12-2-1-5-16-12;3*1-2/h3-4,8,12H,1-2,5-7H2;3*1-2H3. The highest BCUT2D eigenvalue weighted by molar-refractivity contribution is 5.38. The fraction of sp³-hybridized carbons (Fsp3) is 0.684. The van der Waals surface area contributed by atoms with E-state index in [4.69, 9.17) is 9.47 Å². The SMILES string of the molecule is CC.CC.CC.Fc1ccc(F)c2c1CC(C1CCCO1)CO2. The molecule has 1 fully saturated rings. The molecule has 2 aliphatic heterocycles. The molecule has 0 aliphatic carbocycles. The van der Waals surface area contributed by atoms with Gasteiger partial charge in [-0.15, -0.1) is 0 Å². The van der Waals surface area contributed by atoms with E-state index in [2.05, 4.69) is 0 Å². The Labute approximate surface area is 140 Å². The summed E-state index contributed by atoms with van der Waals surface area (Å²) in [5.41, 5.74) is 0.358. The lowest BCUT2D eigenvalue weighted by Gasteiger charge is -2.29. The summed E-state index contributed by atoms with van der Waals surface area (Å²) in [6, 6.07) is 2.27. The van der Waals surface area contributed by atoms with Gasteiger partial charge in [0.05, 0.1) is 12.7 Å². The zero-order valence-corrected chi connectivity index (χ0v) is 15.4. The fourth-order valence-corrected chi connectivity index (χ4v) is 2.65. The number of hydrogen-bond acceptors (Lipinski definition) is 2. The molecule has 1 aromatic carbocycles. The summed E-state index contributed by atoms with van der Waals surface area (Å²) in [5, 5.41) is 0. The zero-order chi connectivity index (χ0) is 17.8. The van der Waals surface area contributed by atoms with Gasteiger partial charge in [-0.2, -0.15) is 0 Å². The lowest BCUT2D eigenvalue weighted by Crippen LogP contribution is -2.32. The molecule has 0 bridgehead atoms. The van der Waals surface area contributed by atoms with Gasteiger partial charge in [0.2, 0.25) is 0 Å². The summed E-state index contributed by atoms with van der Waals surface area (Å²) in [6.45, 7) is 13.2. The largest absolute Gasteiger partial charge is 0.490 e. The second-order valence-corrected chi connectivity index (χ2v) is 4.66. The van der Waals surface area contributed by atoms with E-state index < -0.39 is 5.82 Å². The first kappa shape index (κ1) is 21.8. The van der Waals surface area contributed by atoms with Crippen LogP contribution in [0.25, 0.3) is 0 Å². The second kappa shape index (κ2) is 12.3. The van der Waals surface area contributed by atoms with Gasteiger partial charge in [-0.3, -0.25) is 0 Å². The van der Waals surface area contributed by atoms with Crippen molar-refractivity contribution >= 4 is 0 Å². The summed E-state index contributed by atoms with van der Waals surface area (Å²) in [4.78, 5) is 0. The van der Waals surface area contributed by atoms with Crippen molar-refractivity contribution in [1.82, 2.24) is 0 Å². The molecule has 0 radical (unpaired) electrons. The Morgan fingerprint density at radius 2 is 1.57 bits per heavy atom.